The average molecular weight is 289 g/mol. The molecule has 0 aromatic heterocycles. The first-order valence-corrected chi connectivity index (χ1v) is 7.39. The summed E-state index contributed by atoms with van der Waals surface area (Å²) in [6.07, 6.45) is 2.96. The molecule has 2 atom stereocenters. The normalized spacial score (nSPS) is 21.1. The van der Waals surface area contributed by atoms with Gasteiger partial charge in [0.05, 0.1) is 11.4 Å². The van der Waals surface area contributed by atoms with Gasteiger partial charge in [-0.1, -0.05) is 18.6 Å². The molecule has 0 bridgehead atoms. The minimum Gasteiger partial charge on any atom is -0.330 e. The topological polar surface area (TPSA) is 75.4 Å². The van der Waals surface area contributed by atoms with Crippen LogP contribution in [0, 0.1) is 11.8 Å². The molecule has 21 heavy (non-hydrogen) atoms. The van der Waals surface area contributed by atoms with E-state index in [1.165, 1.54) is 11.8 Å². The Bertz CT molecular complexity index is 530. The lowest BCUT2D eigenvalue weighted by atomic mass is 9.95. The van der Waals surface area contributed by atoms with E-state index in [1.807, 2.05) is 24.3 Å². The highest BCUT2D eigenvalue weighted by Gasteiger charge is 2.32. The first-order valence-electron chi connectivity index (χ1n) is 7.39. The molecule has 0 aliphatic heterocycles. The van der Waals surface area contributed by atoms with E-state index < -0.39 is 0 Å². The summed E-state index contributed by atoms with van der Waals surface area (Å²) < 4.78 is 0. The molecule has 5 heteroatoms. The molecule has 3 N–H and O–H groups in total. The van der Waals surface area contributed by atoms with Crippen molar-refractivity contribution in [2.45, 2.75) is 26.2 Å². The Labute approximate surface area is 125 Å². The van der Waals surface area contributed by atoms with Crippen LogP contribution in [0.5, 0.6) is 0 Å². The number of carbonyl (C=O) groups is 2. The number of nitrogens with two attached hydrogens (primary N) is 1. The Kier molecular flexibility index (Phi) is 4.96. The summed E-state index contributed by atoms with van der Waals surface area (Å²) in [5.74, 6) is 0.179. The van der Waals surface area contributed by atoms with Gasteiger partial charge in [-0.3, -0.25) is 9.59 Å². The lowest BCUT2D eigenvalue weighted by molar-refractivity contribution is -0.121. The molecular formula is C16H23N3O2. The fraction of sp³-hybridized carbons (Fsp3) is 0.500. The zero-order valence-corrected chi connectivity index (χ0v) is 12.6. The van der Waals surface area contributed by atoms with Crippen LogP contribution in [0.4, 0.5) is 11.4 Å². The summed E-state index contributed by atoms with van der Waals surface area (Å²) >= 11 is 0. The lowest BCUT2D eigenvalue weighted by Gasteiger charge is -2.22. The molecule has 0 spiro atoms. The molecule has 1 aliphatic carbocycles. The molecule has 0 unspecified atom stereocenters. The SMILES string of the molecule is CC(=O)N(C)c1ccccc1NC(=O)[C@@H]1CCC[C@@H]1CN. The highest BCUT2D eigenvalue weighted by molar-refractivity contribution is 6.00. The van der Waals surface area contributed by atoms with Gasteiger partial charge < -0.3 is 16.0 Å². The van der Waals surface area contributed by atoms with E-state index in [4.69, 9.17) is 5.73 Å². The van der Waals surface area contributed by atoms with E-state index in [2.05, 4.69) is 5.32 Å². The highest BCUT2D eigenvalue weighted by Crippen LogP contribution is 2.33. The Hall–Kier alpha value is -1.88. The minimum atomic E-state index is -0.0719. The number of benzene rings is 1. The van der Waals surface area contributed by atoms with E-state index in [0.29, 0.717) is 17.9 Å². The summed E-state index contributed by atoms with van der Waals surface area (Å²) in [5.41, 5.74) is 7.12. The standard InChI is InChI=1S/C16H23N3O2/c1-11(20)19(2)15-9-4-3-8-14(15)18-16(21)13-7-5-6-12(13)10-17/h3-4,8-9,12-13H,5-7,10,17H2,1-2H3,(H,18,21)/t12-,13-/m1/s1. The largest absolute Gasteiger partial charge is 0.330 e. The molecule has 0 radical (unpaired) electrons. The number of amides is 2. The van der Waals surface area contributed by atoms with Crippen molar-refractivity contribution in [1.29, 1.82) is 0 Å². The van der Waals surface area contributed by atoms with Crippen LogP contribution in [0.2, 0.25) is 0 Å². The Morgan fingerprint density at radius 1 is 1.33 bits per heavy atom. The number of nitrogens with zero attached hydrogens (tertiary/aromatic N) is 1. The third-order valence-electron chi connectivity index (χ3n) is 4.29. The molecule has 1 fully saturated rings. The van der Waals surface area contributed by atoms with Gasteiger partial charge in [0, 0.05) is 19.9 Å². The number of rotatable bonds is 4. The van der Waals surface area contributed by atoms with Crippen LogP contribution in [-0.4, -0.2) is 25.4 Å². The van der Waals surface area contributed by atoms with E-state index in [1.54, 1.807) is 7.05 Å². The number of hydrogen-bond donors (Lipinski definition) is 2. The van der Waals surface area contributed by atoms with Crippen LogP contribution in [0.15, 0.2) is 24.3 Å². The maximum Gasteiger partial charge on any atom is 0.227 e. The predicted molar refractivity (Wildman–Crippen MR) is 84.0 cm³/mol. The van der Waals surface area contributed by atoms with Crippen molar-refractivity contribution in [3.05, 3.63) is 24.3 Å². The quantitative estimate of drug-likeness (QED) is 0.890. The molecule has 0 saturated heterocycles. The summed E-state index contributed by atoms with van der Waals surface area (Å²) in [7, 11) is 1.70. The monoisotopic (exact) mass is 289 g/mol. The van der Waals surface area contributed by atoms with Crippen molar-refractivity contribution >= 4 is 23.2 Å². The molecule has 1 aromatic carbocycles. The second kappa shape index (κ2) is 6.72. The fourth-order valence-electron chi connectivity index (χ4n) is 2.93. The number of anilines is 2. The maximum atomic E-state index is 12.5. The number of nitrogens with one attached hydrogen (secondary N) is 1. The molecule has 0 heterocycles. The highest BCUT2D eigenvalue weighted by atomic mass is 16.2. The molecule has 1 saturated carbocycles. The van der Waals surface area contributed by atoms with E-state index in [-0.39, 0.29) is 23.7 Å². The third kappa shape index (κ3) is 3.42. The lowest BCUT2D eigenvalue weighted by Crippen LogP contribution is -2.31. The van der Waals surface area contributed by atoms with Crippen molar-refractivity contribution in [1.82, 2.24) is 0 Å². The molecular weight excluding hydrogens is 266 g/mol. The average Bonchev–Trinajstić information content (AvgIpc) is 2.95. The second-order valence-electron chi connectivity index (χ2n) is 5.62. The van der Waals surface area contributed by atoms with Crippen LogP contribution in [0.25, 0.3) is 0 Å². The van der Waals surface area contributed by atoms with Gasteiger partial charge in [-0.15, -0.1) is 0 Å². The Morgan fingerprint density at radius 2 is 2.05 bits per heavy atom. The van der Waals surface area contributed by atoms with Gasteiger partial charge >= 0.3 is 0 Å². The van der Waals surface area contributed by atoms with Crippen molar-refractivity contribution in [2.75, 3.05) is 23.8 Å². The number of para-hydroxylation sites is 2. The van der Waals surface area contributed by atoms with Crippen LogP contribution in [0.3, 0.4) is 0 Å². The van der Waals surface area contributed by atoms with Crippen LogP contribution in [-0.2, 0) is 9.59 Å². The third-order valence-corrected chi connectivity index (χ3v) is 4.29. The Balaban J connectivity index is 2.16. The van der Waals surface area contributed by atoms with Crippen LogP contribution in [0.1, 0.15) is 26.2 Å². The fourth-order valence-corrected chi connectivity index (χ4v) is 2.93. The van der Waals surface area contributed by atoms with Gasteiger partial charge in [-0.2, -0.15) is 0 Å². The molecule has 114 valence electrons. The second-order valence-corrected chi connectivity index (χ2v) is 5.62. The summed E-state index contributed by atoms with van der Waals surface area (Å²) in [6.45, 7) is 2.05. The van der Waals surface area contributed by atoms with Crippen LogP contribution < -0.4 is 16.0 Å². The van der Waals surface area contributed by atoms with E-state index in [9.17, 15) is 9.59 Å². The van der Waals surface area contributed by atoms with Crippen molar-refractivity contribution in [3.63, 3.8) is 0 Å². The summed E-state index contributed by atoms with van der Waals surface area (Å²) in [6, 6.07) is 7.34. The van der Waals surface area contributed by atoms with Crippen molar-refractivity contribution in [3.8, 4) is 0 Å². The van der Waals surface area contributed by atoms with Gasteiger partial charge in [0.2, 0.25) is 11.8 Å². The molecule has 1 aromatic rings. The predicted octanol–water partition coefficient (Wildman–Crippen LogP) is 1.98. The first kappa shape index (κ1) is 15.5. The Morgan fingerprint density at radius 3 is 2.71 bits per heavy atom. The van der Waals surface area contributed by atoms with Crippen LogP contribution >= 0.6 is 0 Å². The molecule has 5 nitrogen and oxygen atoms in total. The van der Waals surface area contributed by atoms with Crippen molar-refractivity contribution in [2.24, 2.45) is 17.6 Å². The molecule has 1 aliphatic rings. The van der Waals surface area contributed by atoms with E-state index >= 15 is 0 Å². The minimum absolute atomic E-state index is 0.00681. The van der Waals surface area contributed by atoms with Gasteiger partial charge in [0.25, 0.3) is 0 Å². The van der Waals surface area contributed by atoms with Gasteiger partial charge in [-0.25, -0.2) is 0 Å². The smallest absolute Gasteiger partial charge is 0.227 e. The number of hydrogen-bond acceptors (Lipinski definition) is 3. The van der Waals surface area contributed by atoms with Gasteiger partial charge in [0.1, 0.15) is 0 Å². The zero-order chi connectivity index (χ0) is 15.4. The number of carbonyl (C=O) groups excluding carboxylic acids is 2. The van der Waals surface area contributed by atoms with E-state index in [0.717, 1.165) is 19.3 Å². The van der Waals surface area contributed by atoms with Gasteiger partial charge in [-0.05, 0) is 37.4 Å². The maximum absolute atomic E-state index is 12.5. The summed E-state index contributed by atoms with van der Waals surface area (Å²) in [5, 5.41) is 2.96. The van der Waals surface area contributed by atoms with Gasteiger partial charge in [0.15, 0.2) is 0 Å². The molecule has 2 rings (SSSR count). The first-order chi connectivity index (χ1) is 10.0. The summed E-state index contributed by atoms with van der Waals surface area (Å²) in [4.78, 5) is 25.5. The zero-order valence-electron chi connectivity index (χ0n) is 12.6. The molecule has 2 amide bonds. The van der Waals surface area contributed by atoms with Crippen molar-refractivity contribution < 1.29 is 9.59 Å².